The standard InChI is InChI=1S/C11H15N3O/c1-8-7-10(14-13-8)12-11(15)9-5-3-2-4-6-9/h5,7H,2-4,6H2,1H3,(H2,12,13,14,15). The minimum absolute atomic E-state index is 0.0128. The molecule has 1 aromatic rings. The van der Waals surface area contributed by atoms with E-state index in [-0.39, 0.29) is 5.91 Å². The third-order valence-electron chi connectivity index (χ3n) is 2.53. The molecule has 4 heteroatoms. The van der Waals surface area contributed by atoms with E-state index >= 15 is 0 Å². The van der Waals surface area contributed by atoms with Gasteiger partial charge in [0.25, 0.3) is 5.91 Å². The Hall–Kier alpha value is -1.58. The highest BCUT2D eigenvalue weighted by molar-refractivity contribution is 6.03. The first-order valence-electron chi connectivity index (χ1n) is 5.28. The van der Waals surface area contributed by atoms with Crippen molar-refractivity contribution in [1.82, 2.24) is 10.2 Å². The van der Waals surface area contributed by atoms with Crippen LogP contribution in [0.1, 0.15) is 31.4 Å². The number of amides is 1. The Balaban J connectivity index is 2.00. The Morgan fingerprint density at radius 3 is 3.00 bits per heavy atom. The van der Waals surface area contributed by atoms with Gasteiger partial charge in [-0.1, -0.05) is 6.08 Å². The molecule has 1 amide bonds. The number of carbonyl (C=O) groups excluding carboxylic acids is 1. The fraction of sp³-hybridized carbons (Fsp3) is 0.455. The van der Waals surface area contributed by atoms with Crippen molar-refractivity contribution < 1.29 is 4.79 Å². The van der Waals surface area contributed by atoms with Crippen molar-refractivity contribution in [2.24, 2.45) is 0 Å². The number of carbonyl (C=O) groups is 1. The summed E-state index contributed by atoms with van der Waals surface area (Å²) in [6, 6.07) is 1.82. The quantitative estimate of drug-likeness (QED) is 0.777. The molecule has 0 saturated carbocycles. The Kier molecular flexibility index (Phi) is 2.85. The number of hydrogen-bond acceptors (Lipinski definition) is 2. The molecular weight excluding hydrogens is 190 g/mol. The van der Waals surface area contributed by atoms with Crippen molar-refractivity contribution in [2.75, 3.05) is 5.32 Å². The Morgan fingerprint density at radius 1 is 1.53 bits per heavy atom. The summed E-state index contributed by atoms with van der Waals surface area (Å²) >= 11 is 0. The van der Waals surface area contributed by atoms with Gasteiger partial charge in [-0.3, -0.25) is 9.89 Å². The molecule has 0 spiro atoms. The van der Waals surface area contributed by atoms with Crippen molar-refractivity contribution in [2.45, 2.75) is 32.6 Å². The van der Waals surface area contributed by atoms with Gasteiger partial charge in [0.15, 0.2) is 5.82 Å². The fourth-order valence-electron chi connectivity index (χ4n) is 1.72. The molecule has 1 aliphatic rings. The number of nitrogens with zero attached hydrogens (tertiary/aromatic N) is 1. The molecule has 0 unspecified atom stereocenters. The zero-order chi connectivity index (χ0) is 10.7. The predicted molar refractivity (Wildman–Crippen MR) is 58.5 cm³/mol. The fourth-order valence-corrected chi connectivity index (χ4v) is 1.72. The van der Waals surface area contributed by atoms with E-state index < -0.39 is 0 Å². The van der Waals surface area contributed by atoms with Crippen LogP contribution in [-0.4, -0.2) is 16.1 Å². The van der Waals surface area contributed by atoms with Crippen LogP contribution < -0.4 is 5.32 Å². The summed E-state index contributed by atoms with van der Waals surface area (Å²) in [5, 5.41) is 9.54. The van der Waals surface area contributed by atoms with Crippen molar-refractivity contribution in [3.05, 3.63) is 23.4 Å². The van der Waals surface area contributed by atoms with Crippen LogP contribution in [0, 0.1) is 6.92 Å². The van der Waals surface area contributed by atoms with Gasteiger partial charge in [-0.05, 0) is 32.6 Å². The number of H-pyrrole nitrogens is 1. The van der Waals surface area contributed by atoms with Crippen molar-refractivity contribution in [3.8, 4) is 0 Å². The van der Waals surface area contributed by atoms with E-state index in [2.05, 4.69) is 15.5 Å². The number of aromatic amines is 1. The molecule has 15 heavy (non-hydrogen) atoms. The van der Waals surface area contributed by atoms with E-state index in [9.17, 15) is 4.79 Å². The van der Waals surface area contributed by atoms with Crippen molar-refractivity contribution in [1.29, 1.82) is 0 Å². The topological polar surface area (TPSA) is 57.8 Å². The Morgan fingerprint density at radius 2 is 2.40 bits per heavy atom. The highest BCUT2D eigenvalue weighted by Crippen LogP contribution is 2.18. The maximum absolute atomic E-state index is 11.7. The zero-order valence-corrected chi connectivity index (χ0v) is 8.84. The molecular formula is C11H15N3O. The lowest BCUT2D eigenvalue weighted by Crippen LogP contribution is -2.16. The Labute approximate surface area is 88.8 Å². The van der Waals surface area contributed by atoms with Crippen LogP contribution in [0.15, 0.2) is 17.7 Å². The molecule has 4 nitrogen and oxygen atoms in total. The number of aromatic nitrogens is 2. The van der Waals surface area contributed by atoms with Gasteiger partial charge in [0.05, 0.1) is 0 Å². The minimum atomic E-state index is -0.0128. The normalized spacial score (nSPS) is 15.9. The summed E-state index contributed by atoms with van der Waals surface area (Å²) in [4.78, 5) is 11.7. The molecule has 0 radical (unpaired) electrons. The van der Waals surface area contributed by atoms with Gasteiger partial charge in [0.1, 0.15) is 0 Å². The summed E-state index contributed by atoms with van der Waals surface area (Å²) in [5.74, 6) is 0.588. The van der Waals surface area contributed by atoms with Crippen LogP contribution in [0.3, 0.4) is 0 Å². The van der Waals surface area contributed by atoms with E-state index in [1.54, 1.807) is 0 Å². The van der Waals surface area contributed by atoms with Crippen molar-refractivity contribution >= 4 is 11.7 Å². The van der Waals surface area contributed by atoms with Crippen LogP contribution in [0.2, 0.25) is 0 Å². The Bertz CT molecular complexity index is 392. The second-order valence-electron chi connectivity index (χ2n) is 3.87. The lowest BCUT2D eigenvalue weighted by Gasteiger charge is -2.11. The number of nitrogens with one attached hydrogen (secondary N) is 2. The van der Waals surface area contributed by atoms with Crippen LogP contribution in [0.5, 0.6) is 0 Å². The van der Waals surface area contributed by atoms with Gasteiger partial charge in [0.2, 0.25) is 0 Å². The number of allylic oxidation sites excluding steroid dienone is 1. The van der Waals surface area contributed by atoms with Crippen LogP contribution in [0.25, 0.3) is 0 Å². The van der Waals surface area contributed by atoms with Gasteiger partial charge < -0.3 is 5.32 Å². The molecule has 1 aliphatic carbocycles. The number of hydrogen-bond donors (Lipinski definition) is 2. The van der Waals surface area contributed by atoms with Gasteiger partial charge in [0, 0.05) is 17.3 Å². The SMILES string of the molecule is Cc1cc(NC(=O)C2=CCCCC2)n[nH]1. The largest absolute Gasteiger partial charge is 0.305 e. The molecule has 1 heterocycles. The monoisotopic (exact) mass is 205 g/mol. The zero-order valence-electron chi connectivity index (χ0n) is 8.84. The molecule has 0 aliphatic heterocycles. The summed E-state index contributed by atoms with van der Waals surface area (Å²) in [7, 11) is 0. The first-order chi connectivity index (χ1) is 7.25. The molecule has 1 aromatic heterocycles. The predicted octanol–water partition coefficient (Wildman–Crippen LogP) is 2.16. The van der Waals surface area contributed by atoms with Gasteiger partial charge in [-0.2, -0.15) is 5.10 Å². The second kappa shape index (κ2) is 4.29. The van der Waals surface area contributed by atoms with Gasteiger partial charge in [-0.15, -0.1) is 0 Å². The first kappa shape index (κ1) is 9.96. The van der Waals surface area contributed by atoms with E-state index in [0.29, 0.717) is 5.82 Å². The van der Waals surface area contributed by atoms with Gasteiger partial charge in [-0.25, -0.2) is 0 Å². The molecule has 0 aromatic carbocycles. The molecule has 80 valence electrons. The van der Waals surface area contributed by atoms with E-state index in [0.717, 1.165) is 30.5 Å². The second-order valence-corrected chi connectivity index (χ2v) is 3.87. The summed E-state index contributed by atoms with van der Waals surface area (Å²) in [6.07, 6.45) is 6.23. The first-order valence-corrected chi connectivity index (χ1v) is 5.28. The lowest BCUT2D eigenvalue weighted by molar-refractivity contribution is -0.113. The molecule has 0 fully saturated rings. The average Bonchev–Trinajstić information content (AvgIpc) is 2.65. The maximum Gasteiger partial charge on any atom is 0.252 e. The smallest absolute Gasteiger partial charge is 0.252 e. The van der Waals surface area contributed by atoms with Crippen molar-refractivity contribution in [3.63, 3.8) is 0 Å². The van der Waals surface area contributed by atoms with E-state index in [1.165, 1.54) is 6.42 Å². The summed E-state index contributed by atoms with van der Waals surface area (Å²) in [6.45, 7) is 1.91. The average molecular weight is 205 g/mol. The minimum Gasteiger partial charge on any atom is -0.305 e. The molecule has 0 atom stereocenters. The number of rotatable bonds is 2. The third kappa shape index (κ3) is 2.46. The van der Waals surface area contributed by atoms with E-state index in [1.807, 2.05) is 19.1 Å². The molecule has 2 N–H and O–H groups in total. The third-order valence-corrected chi connectivity index (χ3v) is 2.53. The molecule has 0 bridgehead atoms. The maximum atomic E-state index is 11.7. The highest BCUT2D eigenvalue weighted by atomic mass is 16.1. The summed E-state index contributed by atoms with van der Waals surface area (Å²) in [5.41, 5.74) is 1.84. The summed E-state index contributed by atoms with van der Waals surface area (Å²) < 4.78 is 0. The van der Waals surface area contributed by atoms with Gasteiger partial charge >= 0.3 is 0 Å². The molecule has 0 saturated heterocycles. The number of anilines is 1. The lowest BCUT2D eigenvalue weighted by atomic mass is 9.99. The van der Waals surface area contributed by atoms with E-state index in [4.69, 9.17) is 0 Å². The highest BCUT2D eigenvalue weighted by Gasteiger charge is 2.12. The number of aryl methyl sites for hydroxylation is 1. The van der Waals surface area contributed by atoms with Crippen LogP contribution >= 0.6 is 0 Å². The van der Waals surface area contributed by atoms with Crippen LogP contribution in [0.4, 0.5) is 5.82 Å². The van der Waals surface area contributed by atoms with Crippen LogP contribution in [-0.2, 0) is 4.79 Å². The molecule has 2 rings (SSSR count).